The number of aliphatic hydroxyl groups excluding tert-OH is 1. The maximum absolute atomic E-state index is 14.2. The zero-order valence-corrected chi connectivity index (χ0v) is 21.3. The number of halogens is 1. The van der Waals surface area contributed by atoms with E-state index in [1.165, 1.54) is 17.2 Å². The minimum Gasteiger partial charge on any atom is -0.488 e. The number of carbonyl (C=O) groups is 1. The molecule has 5 nitrogen and oxygen atoms in total. The SMILES string of the molecule is CCOC(=O)CCc1ccc(F)c(OC[C@H](O)CNC(CC)(CC)CC2Cc3ccccc3C2)c1. The number of rotatable bonds is 14. The molecule has 0 aliphatic heterocycles. The molecule has 35 heavy (non-hydrogen) atoms. The van der Waals surface area contributed by atoms with Gasteiger partial charge in [-0.2, -0.15) is 0 Å². The summed E-state index contributed by atoms with van der Waals surface area (Å²) in [4.78, 5) is 11.6. The van der Waals surface area contributed by atoms with Crippen LogP contribution in [0.3, 0.4) is 0 Å². The van der Waals surface area contributed by atoms with E-state index < -0.39 is 11.9 Å². The van der Waals surface area contributed by atoms with E-state index in [4.69, 9.17) is 9.47 Å². The molecule has 1 atom stereocenters. The highest BCUT2D eigenvalue weighted by Crippen LogP contribution is 2.34. The van der Waals surface area contributed by atoms with Gasteiger partial charge in [0.2, 0.25) is 0 Å². The fourth-order valence-electron chi connectivity index (χ4n) is 5.08. The third kappa shape index (κ3) is 7.77. The van der Waals surface area contributed by atoms with Crippen molar-refractivity contribution in [2.75, 3.05) is 19.8 Å². The summed E-state index contributed by atoms with van der Waals surface area (Å²) < 4.78 is 24.8. The second-order valence-electron chi connectivity index (χ2n) is 9.65. The monoisotopic (exact) mass is 485 g/mol. The van der Waals surface area contributed by atoms with Crippen molar-refractivity contribution in [1.29, 1.82) is 0 Å². The van der Waals surface area contributed by atoms with Crippen LogP contribution in [0.25, 0.3) is 0 Å². The van der Waals surface area contributed by atoms with E-state index in [-0.39, 0.29) is 30.3 Å². The van der Waals surface area contributed by atoms with Crippen LogP contribution in [0.1, 0.15) is 63.1 Å². The number of carbonyl (C=O) groups excluding carboxylic acids is 1. The fourth-order valence-corrected chi connectivity index (χ4v) is 5.08. The minimum atomic E-state index is -0.768. The minimum absolute atomic E-state index is 0.0103. The van der Waals surface area contributed by atoms with Gasteiger partial charge < -0.3 is 19.9 Å². The molecule has 6 heteroatoms. The number of nitrogens with one attached hydrogen (secondary N) is 1. The molecule has 1 aliphatic rings. The Morgan fingerprint density at radius 3 is 2.46 bits per heavy atom. The third-order valence-electron chi connectivity index (χ3n) is 7.23. The number of hydrogen-bond donors (Lipinski definition) is 2. The van der Waals surface area contributed by atoms with E-state index in [0.717, 1.165) is 37.7 Å². The van der Waals surface area contributed by atoms with Crippen molar-refractivity contribution in [3.63, 3.8) is 0 Å². The summed E-state index contributed by atoms with van der Waals surface area (Å²) in [5.74, 6) is -0.0778. The van der Waals surface area contributed by atoms with Crippen LogP contribution < -0.4 is 10.1 Å². The molecule has 0 amide bonds. The van der Waals surface area contributed by atoms with Crippen LogP contribution in [0.2, 0.25) is 0 Å². The number of aliphatic hydroxyl groups is 1. The lowest BCUT2D eigenvalue weighted by atomic mass is 9.81. The lowest BCUT2D eigenvalue weighted by Crippen LogP contribution is -2.49. The van der Waals surface area contributed by atoms with Gasteiger partial charge in [-0.15, -0.1) is 0 Å². The van der Waals surface area contributed by atoms with Crippen LogP contribution in [-0.2, 0) is 28.8 Å². The van der Waals surface area contributed by atoms with Crippen molar-refractivity contribution >= 4 is 5.97 Å². The molecule has 0 saturated heterocycles. The second kappa shape index (κ2) is 13.0. The predicted octanol–water partition coefficient (Wildman–Crippen LogP) is 5.01. The third-order valence-corrected chi connectivity index (χ3v) is 7.23. The van der Waals surface area contributed by atoms with Gasteiger partial charge in [0.1, 0.15) is 12.7 Å². The lowest BCUT2D eigenvalue weighted by molar-refractivity contribution is -0.143. The smallest absolute Gasteiger partial charge is 0.306 e. The van der Waals surface area contributed by atoms with E-state index in [1.807, 2.05) is 0 Å². The Morgan fingerprint density at radius 1 is 1.14 bits per heavy atom. The zero-order valence-electron chi connectivity index (χ0n) is 21.3. The van der Waals surface area contributed by atoms with Crippen molar-refractivity contribution in [2.45, 2.75) is 77.4 Å². The van der Waals surface area contributed by atoms with Gasteiger partial charge in [0.25, 0.3) is 0 Å². The Morgan fingerprint density at radius 2 is 1.83 bits per heavy atom. The lowest BCUT2D eigenvalue weighted by Gasteiger charge is -2.36. The quantitative estimate of drug-likeness (QED) is 0.368. The van der Waals surface area contributed by atoms with Gasteiger partial charge in [0, 0.05) is 18.5 Å². The number of fused-ring (bicyclic) bond motifs is 1. The largest absolute Gasteiger partial charge is 0.488 e. The molecule has 0 aromatic heterocycles. The Labute approximate surface area is 209 Å². The molecule has 0 radical (unpaired) electrons. The van der Waals surface area contributed by atoms with Crippen LogP contribution >= 0.6 is 0 Å². The first-order valence-corrected chi connectivity index (χ1v) is 12.9. The topological polar surface area (TPSA) is 67.8 Å². The molecule has 3 rings (SSSR count). The van der Waals surface area contributed by atoms with E-state index in [9.17, 15) is 14.3 Å². The summed E-state index contributed by atoms with van der Waals surface area (Å²) >= 11 is 0. The number of esters is 1. The normalized spacial score (nSPS) is 14.5. The average Bonchev–Trinajstić information content (AvgIpc) is 3.27. The zero-order chi connectivity index (χ0) is 25.3. The van der Waals surface area contributed by atoms with Crippen molar-refractivity contribution < 1.29 is 23.8 Å². The molecule has 0 fully saturated rings. The van der Waals surface area contributed by atoms with Gasteiger partial charge in [-0.05, 0) is 80.2 Å². The highest BCUT2D eigenvalue weighted by molar-refractivity contribution is 5.69. The Bertz CT molecular complexity index is 934. The van der Waals surface area contributed by atoms with Crippen molar-refractivity contribution in [1.82, 2.24) is 5.32 Å². The van der Waals surface area contributed by atoms with Crippen molar-refractivity contribution in [3.05, 3.63) is 65.0 Å². The summed E-state index contributed by atoms with van der Waals surface area (Å²) in [6.07, 6.45) is 5.12. The van der Waals surface area contributed by atoms with Gasteiger partial charge in [-0.1, -0.05) is 44.2 Å². The summed E-state index contributed by atoms with van der Waals surface area (Å²) in [7, 11) is 0. The molecule has 2 aromatic carbocycles. The molecule has 0 heterocycles. The van der Waals surface area contributed by atoms with Gasteiger partial charge in [0.15, 0.2) is 11.6 Å². The van der Waals surface area contributed by atoms with E-state index in [0.29, 0.717) is 25.5 Å². The van der Waals surface area contributed by atoms with Gasteiger partial charge in [-0.3, -0.25) is 4.79 Å². The highest BCUT2D eigenvalue weighted by atomic mass is 19.1. The second-order valence-corrected chi connectivity index (χ2v) is 9.65. The van der Waals surface area contributed by atoms with Gasteiger partial charge in [0.05, 0.1) is 6.61 Å². The average molecular weight is 486 g/mol. The summed E-state index contributed by atoms with van der Waals surface area (Å²) in [6.45, 7) is 6.86. The molecule has 1 aliphatic carbocycles. The summed E-state index contributed by atoms with van der Waals surface area (Å²) in [6, 6.07) is 13.2. The van der Waals surface area contributed by atoms with Crippen LogP contribution in [0, 0.1) is 11.7 Å². The molecular formula is C29H40FNO4. The Balaban J connectivity index is 1.49. The molecule has 2 N–H and O–H groups in total. The maximum Gasteiger partial charge on any atom is 0.306 e. The molecule has 0 bridgehead atoms. The molecular weight excluding hydrogens is 445 g/mol. The van der Waals surface area contributed by atoms with E-state index in [2.05, 4.69) is 43.4 Å². The van der Waals surface area contributed by atoms with Gasteiger partial charge >= 0.3 is 5.97 Å². The fraction of sp³-hybridized carbons (Fsp3) is 0.552. The standard InChI is InChI=1S/C29H40FNO4/c1-4-29(5-2,18-22-15-23-9-7-8-10-24(23)16-22)31-19-25(32)20-35-27-17-21(11-13-26(27)30)12-14-28(33)34-6-3/h7-11,13,17,22,25,31-32H,4-6,12,14-16,18-20H2,1-3H3/t25-/m1/s1. The number of aryl methyl sites for hydroxylation is 1. The van der Waals surface area contributed by atoms with Crippen molar-refractivity contribution in [2.24, 2.45) is 5.92 Å². The molecule has 0 saturated carbocycles. The molecule has 0 spiro atoms. The molecule has 192 valence electrons. The van der Waals surface area contributed by atoms with Gasteiger partial charge in [-0.25, -0.2) is 4.39 Å². The highest BCUT2D eigenvalue weighted by Gasteiger charge is 2.32. The van der Waals surface area contributed by atoms with Crippen LogP contribution in [0.4, 0.5) is 4.39 Å². The number of benzene rings is 2. The summed E-state index contributed by atoms with van der Waals surface area (Å²) in [5, 5.41) is 14.2. The van der Waals surface area contributed by atoms with Crippen LogP contribution in [0.5, 0.6) is 5.75 Å². The first-order chi connectivity index (χ1) is 16.9. The van der Waals surface area contributed by atoms with Crippen LogP contribution in [0.15, 0.2) is 42.5 Å². The molecule has 0 unspecified atom stereocenters. The van der Waals surface area contributed by atoms with Crippen molar-refractivity contribution in [3.8, 4) is 5.75 Å². The number of hydrogen-bond acceptors (Lipinski definition) is 5. The first kappa shape index (κ1) is 27.2. The maximum atomic E-state index is 14.2. The molecule has 2 aromatic rings. The predicted molar refractivity (Wildman–Crippen MR) is 136 cm³/mol. The Hall–Kier alpha value is -2.44. The number of ether oxygens (including phenoxy) is 2. The number of β-amino-alcohol motifs (C(OH)–C–C–N with tert-alkyl or cyclic N) is 1. The Kier molecular flexibility index (Phi) is 10.1. The van der Waals surface area contributed by atoms with Crippen LogP contribution in [-0.4, -0.2) is 42.5 Å². The van der Waals surface area contributed by atoms with E-state index in [1.54, 1.807) is 19.1 Å². The first-order valence-electron chi connectivity index (χ1n) is 12.9. The van der Waals surface area contributed by atoms with E-state index >= 15 is 0 Å². The summed E-state index contributed by atoms with van der Waals surface area (Å²) in [5.41, 5.74) is 3.65.